The van der Waals surface area contributed by atoms with Crippen LogP contribution in [0.2, 0.25) is 29.7 Å². The van der Waals surface area contributed by atoms with Crippen molar-refractivity contribution < 1.29 is 0 Å². The molecule has 1 unspecified atom stereocenters. The van der Waals surface area contributed by atoms with Crippen molar-refractivity contribution >= 4 is 17.2 Å². The zero-order valence-electron chi connectivity index (χ0n) is 10.6. The standard InChI is InChI=1S/C11H27NSi2/c1-6-13(7-2)12-10-11(5)14(12,8-3)9-4/h11,13H,6-10H2,1-5H3. The highest BCUT2D eigenvalue weighted by molar-refractivity contribution is 6.89. The molecule has 1 atom stereocenters. The minimum Gasteiger partial charge on any atom is -0.347 e. The molecule has 0 N–H and O–H groups in total. The van der Waals surface area contributed by atoms with Crippen LogP contribution in [-0.4, -0.2) is 28.0 Å². The van der Waals surface area contributed by atoms with E-state index in [-0.39, 0.29) is 0 Å². The lowest BCUT2D eigenvalue weighted by atomic mass is 10.5. The second kappa shape index (κ2) is 4.95. The maximum absolute atomic E-state index is 3.05. The Hall–Kier alpha value is 0.394. The van der Waals surface area contributed by atoms with Crippen LogP contribution in [0.3, 0.4) is 0 Å². The summed E-state index contributed by atoms with van der Waals surface area (Å²) in [5, 5.41) is 0. The molecule has 14 heavy (non-hydrogen) atoms. The van der Waals surface area contributed by atoms with Crippen LogP contribution in [-0.2, 0) is 0 Å². The van der Waals surface area contributed by atoms with Crippen LogP contribution in [0.1, 0.15) is 34.6 Å². The summed E-state index contributed by atoms with van der Waals surface area (Å²) in [6.45, 7) is 13.7. The lowest BCUT2D eigenvalue weighted by molar-refractivity contribution is 0.474. The first-order valence-electron chi connectivity index (χ1n) is 6.42. The highest BCUT2D eigenvalue weighted by Gasteiger charge is 2.51. The van der Waals surface area contributed by atoms with E-state index in [0.717, 1.165) is 5.54 Å². The van der Waals surface area contributed by atoms with Gasteiger partial charge >= 0.3 is 0 Å². The smallest absolute Gasteiger partial charge is 0.125 e. The van der Waals surface area contributed by atoms with Gasteiger partial charge in [0.1, 0.15) is 17.2 Å². The van der Waals surface area contributed by atoms with Gasteiger partial charge in [-0.3, -0.25) is 0 Å². The molecule has 1 nitrogen and oxygen atoms in total. The average Bonchev–Trinajstić information content (AvgIpc) is 2.20. The predicted molar refractivity (Wildman–Crippen MR) is 71.0 cm³/mol. The topological polar surface area (TPSA) is 3.24 Å². The number of rotatable bonds is 5. The van der Waals surface area contributed by atoms with E-state index in [1.54, 1.807) is 0 Å². The molecule has 0 saturated carbocycles. The Morgan fingerprint density at radius 1 is 1.14 bits per heavy atom. The summed E-state index contributed by atoms with van der Waals surface area (Å²) in [6.07, 6.45) is 0. The molecule has 1 saturated heterocycles. The van der Waals surface area contributed by atoms with Crippen LogP contribution in [0.15, 0.2) is 0 Å². The van der Waals surface area contributed by atoms with E-state index in [4.69, 9.17) is 0 Å². The first-order valence-corrected chi connectivity index (χ1v) is 11.0. The van der Waals surface area contributed by atoms with Crippen LogP contribution < -0.4 is 0 Å². The molecular weight excluding hydrogens is 202 g/mol. The third-order valence-electron chi connectivity index (χ3n) is 4.57. The molecule has 84 valence electrons. The second-order valence-electron chi connectivity index (χ2n) is 4.83. The van der Waals surface area contributed by atoms with Gasteiger partial charge in [-0.15, -0.1) is 0 Å². The lowest BCUT2D eigenvalue weighted by Crippen LogP contribution is -2.71. The molecule has 0 spiro atoms. The zero-order chi connectivity index (χ0) is 10.8. The largest absolute Gasteiger partial charge is 0.347 e. The number of hydrogen-bond acceptors (Lipinski definition) is 1. The molecule has 0 aromatic heterocycles. The van der Waals surface area contributed by atoms with Gasteiger partial charge in [-0.05, 0) is 24.2 Å². The summed E-state index contributed by atoms with van der Waals surface area (Å²) in [7, 11) is -1.44. The van der Waals surface area contributed by atoms with Crippen LogP contribution >= 0.6 is 0 Å². The van der Waals surface area contributed by atoms with Crippen molar-refractivity contribution in [1.29, 1.82) is 0 Å². The van der Waals surface area contributed by atoms with Crippen molar-refractivity contribution in [3.63, 3.8) is 0 Å². The van der Waals surface area contributed by atoms with Gasteiger partial charge in [0.05, 0.1) is 0 Å². The number of hydrogen-bond donors (Lipinski definition) is 0. The zero-order valence-corrected chi connectivity index (χ0v) is 12.8. The first kappa shape index (κ1) is 12.5. The lowest BCUT2D eigenvalue weighted by Gasteiger charge is -2.59. The second-order valence-corrected chi connectivity index (χ2v) is 14.1. The van der Waals surface area contributed by atoms with Crippen LogP contribution in [0.5, 0.6) is 0 Å². The fraction of sp³-hybridized carbons (Fsp3) is 1.00. The molecule has 3 heteroatoms. The molecule has 0 aromatic rings. The summed E-state index contributed by atoms with van der Waals surface area (Å²) in [5.74, 6) is 0. The van der Waals surface area contributed by atoms with E-state index in [9.17, 15) is 0 Å². The Labute approximate surface area is 92.7 Å². The van der Waals surface area contributed by atoms with Crippen molar-refractivity contribution in [1.82, 2.24) is 4.23 Å². The van der Waals surface area contributed by atoms with Gasteiger partial charge < -0.3 is 4.23 Å². The van der Waals surface area contributed by atoms with Gasteiger partial charge in [0.25, 0.3) is 0 Å². The summed E-state index contributed by atoms with van der Waals surface area (Å²) in [4.78, 5) is 0. The van der Waals surface area contributed by atoms with Gasteiger partial charge in [0.2, 0.25) is 0 Å². The van der Waals surface area contributed by atoms with E-state index in [1.165, 1.54) is 30.7 Å². The fourth-order valence-corrected chi connectivity index (χ4v) is 15.7. The van der Waals surface area contributed by atoms with Crippen molar-refractivity contribution in [3.8, 4) is 0 Å². The van der Waals surface area contributed by atoms with E-state index >= 15 is 0 Å². The number of nitrogens with zero attached hydrogens (tertiary/aromatic N) is 1. The summed E-state index contributed by atoms with van der Waals surface area (Å²) < 4.78 is 3.05. The van der Waals surface area contributed by atoms with Crippen molar-refractivity contribution in [2.45, 2.75) is 64.3 Å². The van der Waals surface area contributed by atoms with Gasteiger partial charge in [0, 0.05) is 0 Å². The highest BCUT2D eigenvalue weighted by atomic mass is 28.4. The molecule has 1 aliphatic rings. The monoisotopic (exact) mass is 229 g/mol. The molecule has 0 radical (unpaired) electrons. The molecule has 0 bridgehead atoms. The maximum Gasteiger partial charge on any atom is 0.125 e. The normalized spacial score (nSPS) is 26.6. The van der Waals surface area contributed by atoms with Crippen molar-refractivity contribution in [3.05, 3.63) is 0 Å². The van der Waals surface area contributed by atoms with E-state index in [0.29, 0.717) is 0 Å². The quantitative estimate of drug-likeness (QED) is 0.653. The predicted octanol–water partition coefficient (Wildman–Crippen LogP) is 3.44. The third kappa shape index (κ3) is 1.74. The first-order chi connectivity index (χ1) is 6.66. The molecule has 1 aliphatic heterocycles. The average molecular weight is 230 g/mol. The Balaban J connectivity index is 2.71. The van der Waals surface area contributed by atoms with E-state index in [1.807, 2.05) is 0 Å². The fourth-order valence-electron chi connectivity index (χ4n) is 3.41. The van der Waals surface area contributed by atoms with Crippen LogP contribution in [0.25, 0.3) is 0 Å². The van der Waals surface area contributed by atoms with Crippen molar-refractivity contribution in [2.24, 2.45) is 0 Å². The van der Waals surface area contributed by atoms with Crippen LogP contribution in [0, 0.1) is 0 Å². The third-order valence-corrected chi connectivity index (χ3v) is 16.0. The van der Waals surface area contributed by atoms with E-state index in [2.05, 4.69) is 38.8 Å². The molecule has 0 aromatic carbocycles. The van der Waals surface area contributed by atoms with Gasteiger partial charge in [-0.2, -0.15) is 0 Å². The van der Waals surface area contributed by atoms with Gasteiger partial charge in [-0.1, -0.05) is 46.7 Å². The Bertz CT molecular complexity index is 176. The summed E-state index contributed by atoms with van der Waals surface area (Å²) in [6, 6.07) is 5.96. The van der Waals surface area contributed by atoms with Gasteiger partial charge in [-0.25, -0.2) is 0 Å². The Morgan fingerprint density at radius 3 is 1.93 bits per heavy atom. The minimum absolute atomic E-state index is 0.503. The SMILES string of the molecule is CC[SiH](CC)N1CC(C)[Si]1(CC)CC. The van der Waals surface area contributed by atoms with Crippen LogP contribution in [0.4, 0.5) is 0 Å². The Kier molecular flexibility index (Phi) is 4.40. The Morgan fingerprint density at radius 2 is 1.64 bits per heavy atom. The molecular formula is C11H27NSi2. The maximum atomic E-state index is 3.05. The molecule has 1 fully saturated rings. The molecule has 1 rings (SSSR count). The van der Waals surface area contributed by atoms with Crippen molar-refractivity contribution in [2.75, 3.05) is 6.54 Å². The van der Waals surface area contributed by atoms with Gasteiger partial charge in [0.15, 0.2) is 0 Å². The van der Waals surface area contributed by atoms with E-state index < -0.39 is 17.2 Å². The molecule has 1 heterocycles. The summed E-state index contributed by atoms with van der Waals surface area (Å²) in [5.41, 5.74) is 1.07. The molecule has 0 amide bonds. The molecule has 0 aliphatic carbocycles. The minimum atomic E-state index is -0.934. The highest BCUT2D eigenvalue weighted by Crippen LogP contribution is 2.44. The summed E-state index contributed by atoms with van der Waals surface area (Å²) >= 11 is 0.